The third kappa shape index (κ3) is 29.9. The summed E-state index contributed by atoms with van der Waals surface area (Å²) in [4.78, 5) is 270. The quantitative estimate of drug-likeness (QED) is 0.0151. The van der Waals surface area contributed by atoms with Gasteiger partial charge < -0.3 is 130 Å². The molecule has 9 rings (SSSR count). The Morgan fingerprint density at radius 1 is 0.555 bits per heavy atom. The second-order valence-electron chi connectivity index (χ2n) is 35.5. The van der Waals surface area contributed by atoms with Crippen LogP contribution in [0, 0.1) is 11.3 Å². The largest absolute Gasteiger partial charge is 0.508 e. The molecule has 3 saturated heterocycles. The van der Waals surface area contributed by atoms with Crippen molar-refractivity contribution in [1.82, 2.24) is 103 Å². The van der Waals surface area contributed by atoms with E-state index < -0.39 is 241 Å². The van der Waals surface area contributed by atoms with Gasteiger partial charge in [-0.2, -0.15) is 0 Å². The predicted molar refractivity (Wildman–Crippen MR) is 504 cm³/mol. The lowest BCUT2D eigenvalue weighted by atomic mass is 9.99. The molecule has 45 heteroatoms. The van der Waals surface area contributed by atoms with Gasteiger partial charge in [0.05, 0.1) is 37.3 Å². The van der Waals surface area contributed by atoms with Crippen molar-refractivity contribution in [2.24, 2.45) is 23.1 Å². The second kappa shape index (κ2) is 50.7. The van der Waals surface area contributed by atoms with Crippen molar-refractivity contribution < 1.29 is 96.8 Å². The molecule has 3 aromatic heterocycles. The zero-order valence-corrected chi connectivity index (χ0v) is 79.2. The predicted octanol–water partition coefficient (Wildman–Crippen LogP) is -2.54. The molecule has 0 unspecified atom stereocenters. The highest BCUT2D eigenvalue weighted by Crippen LogP contribution is 2.28. The third-order valence-electron chi connectivity index (χ3n) is 24.6. The molecule has 6 aromatic rings. The first-order valence-corrected chi connectivity index (χ1v) is 47.2. The van der Waals surface area contributed by atoms with E-state index in [0.717, 1.165) is 36.3 Å². The Kier molecular flexibility index (Phi) is 39.6. The first-order valence-electron chi connectivity index (χ1n) is 46.0. The number of thioether (sulfide) groups is 1. The molecule has 137 heavy (non-hydrogen) atoms. The Balaban J connectivity index is 1.11. The van der Waals surface area contributed by atoms with Crippen LogP contribution in [0.25, 0.3) is 21.8 Å². The van der Waals surface area contributed by atoms with Gasteiger partial charge >= 0.3 is 0 Å². The van der Waals surface area contributed by atoms with E-state index in [2.05, 4.69) is 78.4 Å². The minimum Gasteiger partial charge on any atom is -0.508 e. The molecule has 3 aliphatic heterocycles. The molecule has 16 atom stereocenters. The highest BCUT2D eigenvalue weighted by atomic mass is 32.2. The maximum Gasteiger partial charge on any atom is 0.246 e. The fourth-order valence-electron chi connectivity index (χ4n) is 17.0. The van der Waals surface area contributed by atoms with E-state index in [9.17, 15) is 58.5 Å². The number of unbranched alkanes of at least 4 members (excludes halogenated alkanes) is 2. The Hall–Kier alpha value is -13.7. The lowest BCUT2D eigenvalue weighted by Gasteiger charge is -2.36. The number of nitrogens with one attached hydrogen (secondary N) is 15. The van der Waals surface area contributed by atoms with Crippen LogP contribution >= 0.6 is 11.8 Å². The smallest absolute Gasteiger partial charge is 0.246 e. The topological polar surface area (TPSA) is 662 Å². The number of hydrogen-bond donors (Lipinski definition) is 21. The summed E-state index contributed by atoms with van der Waals surface area (Å²) in [5, 5.41) is 71.8. The number of aliphatic hydroxyl groups excluding tert-OH is 2. The van der Waals surface area contributed by atoms with Crippen LogP contribution in [-0.4, -0.2) is 322 Å². The van der Waals surface area contributed by atoms with Crippen LogP contribution in [0.4, 0.5) is 0 Å². The maximum atomic E-state index is 15.8. The highest BCUT2D eigenvalue weighted by molar-refractivity contribution is 8.00. The fourth-order valence-corrected chi connectivity index (χ4v) is 17.8. The first-order chi connectivity index (χ1) is 65.2. The van der Waals surface area contributed by atoms with Gasteiger partial charge in [0.25, 0.3) is 0 Å². The average Bonchev–Trinajstić information content (AvgIpc) is 1.60. The van der Waals surface area contributed by atoms with Gasteiger partial charge in [0, 0.05) is 125 Å². The second-order valence-corrected chi connectivity index (χ2v) is 36.5. The summed E-state index contributed by atoms with van der Waals surface area (Å²) >= 11 is 0.760. The van der Waals surface area contributed by atoms with Gasteiger partial charge in [-0.05, 0) is 106 Å². The van der Waals surface area contributed by atoms with Crippen molar-refractivity contribution in [3.05, 3.63) is 120 Å². The summed E-state index contributed by atoms with van der Waals surface area (Å²) < 4.78 is 0. The van der Waals surface area contributed by atoms with E-state index in [1.807, 2.05) is 13.8 Å². The standard InChI is InChI=1S/C92H130N24O20S/c1-10-12-25-70-83(128)104-62(24-18-32-98-92(95)96)80(125)110-69(79(124)101-44-75(94)121)46-137-47-76(122)103-66(35-52-28-30-56(118)31-29-52)87(132)112(7)50(5)78(123)107-68(40-74(93)120)89(134)115-33-19-27-71(115)84(129)106-64(38-55-43-97-48-102-55)81(126)108-65(34-49(3)4)90(135)116-45-57(119)39-73(116)85(130)105-63(36-53-41-99-60-22-16-14-20-58(53)60)82(127)111-77(51(6)117)86(131)109-67(37-54-42-100-61-23-17-15-21-59(54)61)88(133)114(9)72(26-13-11-2)91(136)113(70)8/h14-17,20-23,28-31,41-43,48-51,57,62-73,77,99-100,117-119H,10-13,18-19,24-27,32-40,44-47H2,1-9H3,(H2,93,120)(H2,94,121)(H,97,102)(H,101,124)(H,103,122)(H,104,128)(H,105,130)(H,106,129)(H,107,123)(H,108,126)(H,109,131)(H,110,125)(H,111,127)(H4,95,96,98)/t50-,51+,57+,62-,63-,64-,65-,66-,67-,68-,69-,70-,71-,72-,73-,77-/m0/s1. The maximum absolute atomic E-state index is 15.8. The number of carbonyl (C=O) groups excluding carboxylic acids is 17. The number of carbonyl (C=O) groups is 17. The number of primary amides is 2. The van der Waals surface area contributed by atoms with Crippen LogP contribution in [-0.2, 0) is 107 Å². The molecule has 0 radical (unpaired) electrons. The molecule has 24 N–H and O–H groups in total. The number of fused-ring (bicyclic) bond motifs is 4. The van der Waals surface area contributed by atoms with Crippen molar-refractivity contribution in [3.63, 3.8) is 0 Å². The molecule has 0 saturated carbocycles. The molecular weight excluding hydrogens is 1790 g/mol. The lowest BCUT2D eigenvalue weighted by molar-refractivity contribution is -0.149. The van der Waals surface area contributed by atoms with Crippen molar-refractivity contribution in [1.29, 1.82) is 5.41 Å². The van der Waals surface area contributed by atoms with E-state index in [1.54, 1.807) is 74.8 Å². The Morgan fingerprint density at radius 2 is 1.10 bits per heavy atom. The van der Waals surface area contributed by atoms with E-state index >= 15 is 38.4 Å². The van der Waals surface area contributed by atoms with Gasteiger partial charge in [-0.3, -0.25) is 86.9 Å². The molecule has 6 heterocycles. The van der Waals surface area contributed by atoms with Gasteiger partial charge in [0.15, 0.2) is 5.96 Å². The normalized spacial score (nSPS) is 24.8. The molecule has 0 spiro atoms. The van der Waals surface area contributed by atoms with E-state index in [-0.39, 0.29) is 95.4 Å². The van der Waals surface area contributed by atoms with Gasteiger partial charge in [-0.1, -0.05) is 102 Å². The van der Waals surface area contributed by atoms with Gasteiger partial charge in [0.1, 0.15) is 90.3 Å². The number of para-hydroxylation sites is 2. The lowest BCUT2D eigenvalue weighted by Crippen LogP contribution is -2.62. The Morgan fingerprint density at radius 3 is 1.70 bits per heavy atom. The summed E-state index contributed by atoms with van der Waals surface area (Å²) in [6, 6.07) is -2.36. The molecule has 0 bridgehead atoms. The third-order valence-corrected chi connectivity index (χ3v) is 25.6. The monoisotopic (exact) mass is 1920 g/mol. The average molecular weight is 1920 g/mol. The number of amides is 17. The Labute approximate surface area is 796 Å². The Bertz CT molecular complexity index is 5280. The van der Waals surface area contributed by atoms with Gasteiger partial charge in [-0.25, -0.2) is 4.98 Å². The van der Waals surface area contributed by atoms with E-state index in [1.165, 1.54) is 71.8 Å². The molecule has 3 aromatic carbocycles. The van der Waals surface area contributed by atoms with Crippen molar-refractivity contribution in [2.45, 2.75) is 247 Å². The molecule has 3 aliphatic rings. The summed E-state index contributed by atoms with van der Waals surface area (Å²) in [6.45, 7) is 8.31. The van der Waals surface area contributed by atoms with E-state index in [4.69, 9.17) is 22.6 Å². The number of aliphatic hydroxyl groups is 2. The number of imidazole rings is 1. The number of hydrogen-bond acceptors (Lipinski definition) is 23. The number of H-pyrrole nitrogens is 3. The summed E-state index contributed by atoms with van der Waals surface area (Å²) in [5.74, 6) is -18.1. The van der Waals surface area contributed by atoms with E-state index in [0.29, 0.717) is 69.9 Å². The number of likely N-dealkylation sites (N-methyl/N-ethyl adjacent to an activating group) is 3. The summed E-state index contributed by atoms with van der Waals surface area (Å²) in [6.07, 6.45) is 1.84. The summed E-state index contributed by atoms with van der Waals surface area (Å²) in [5.41, 5.74) is 19.8. The zero-order chi connectivity index (χ0) is 100. The number of aromatic hydroxyl groups is 1. The number of phenolic OH excluding ortho intramolecular Hbond substituents is 1. The number of nitrogens with zero attached hydrogens (tertiary/aromatic N) is 6. The number of aromatic amines is 3. The van der Waals surface area contributed by atoms with Crippen LogP contribution in [0.2, 0.25) is 0 Å². The van der Waals surface area contributed by atoms with Crippen molar-refractivity contribution in [3.8, 4) is 5.75 Å². The van der Waals surface area contributed by atoms with Crippen LogP contribution in [0.3, 0.4) is 0 Å². The minimum absolute atomic E-state index is 0.0161. The highest BCUT2D eigenvalue weighted by Gasteiger charge is 2.47. The minimum atomic E-state index is -1.93. The number of guanidine groups is 1. The molecular formula is C92H130N24O20S. The number of rotatable bonds is 26. The zero-order valence-electron chi connectivity index (χ0n) is 78.4. The molecule has 744 valence electrons. The molecule has 0 aliphatic carbocycles. The first kappa shape index (κ1) is 107. The number of phenols is 1. The number of benzene rings is 3. The van der Waals surface area contributed by atoms with Gasteiger partial charge in [-0.15, -0.1) is 11.8 Å². The van der Waals surface area contributed by atoms with Crippen LogP contribution in [0.15, 0.2) is 97.7 Å². The van der Waals surface area contributed by atoms with Crippen LogP contribution < -0.4 is 75.7 Å². The van der Waals surface area contributed by atoms with Crippen LogP contribution in [0.5, 0.6) is 5.75 Å². The summed E-state index contributed by atoms with van der Waals surface area (Å²) in [7, 11) is 3.90. The van der Waals surface area contributed by atoms with Gasteiger partial charge in [0.2, 0.25) is 100 Å². The van der Waals surface area contributed by atoms with Crippen molar-refractivity contribution in [2.75, 3.05) is 58.8 Å². The SMILES string of the molecule is CCCC[C@H]1C(=O)N(C)[C@@H](CCCC)C(=O)N[C@@H](CCCNC(=N)N)C(=O)N[C@H](C(=O)NCC(N)=O)CSCC(=O)N[C@@H](Cc2ccc(O)cc2)C(=O)N(C)[C@@H](C)C(=O)N[C@@H](CC(N)=O)C(=O)N2CCC[C@H]2C(=O)N[C@@H](Cc2cnc[nH]2)C(=O)N[C@@H](CC(C)C)C(=O)N2C[C@H](O)C[C@H]2C(=O)N[C@@H](Cc2c[nH]c3ccccc23)C(=O)N[C@@H]([C@@H](C)O)C(=O)N[C@@H](Cc2c[nH]c3ccccc23)C(=O)N1C. The molecule has 44 nitrogen and oxygen atoms in total. The number of aromatic nitrogens is 4. The molecule has 3 fully saturated rings. The molecule has 17 amide bonds. The van der Waals surface area contributed by atoms with Crippen LogP contribution in [0.1, 0.15) is 147 Å². The van der Waals surface area contributed by atoms with Crippen molar-refractivity contribution >= 4 is 140 Å². The fraction of sp³-hybridized carbons (Fsp3) is 0.533. The number of nitrogens with two attached hydrogens (primary N) is 3.